The number of rotatable bonds is 5. The largest absolute Gasteiger partial charge is 0.469 e. The van der Waals surface area contributed by atoms with Crippen LogP contribution in [0.1, 0.15) is 25.8 Å². The average Bonchev–Trinajstić information content (AvgIpc) is 2.36. The summed E-state index contributed by atoms with van der Waals surface area (Å²) in [5.74, 6) is -0.826. The Labute approximate surface area is 107 Å². The molecule has 0 fully saturated rings. The normalized spacial score (nSPS) is 10.8. The molecule has 0 atom stereocenters. The summed E-state index contributed by atoms with van der Waals surface area (Å²) in [6.07, 6.45) is 0.00646. The van der Waals surface area contributed by atoms with Crippen molar-refractivity contribution >= 4 is 11.9 Å². The minimum Gasteiger partial charge on any atom is -0.469 e. The van der Waals surface area contributed by atoms with Crippen molar-refractivity contribution in [3.63, 3.8) is 0 Å². The first-order valence-corrected chi connectivity index (χ1v) is 5.73. The number of methoxy groups -OCH3 is 1. The summed E-state index contributed by atoms with van der Waals surface area (Å²) < 4.78 is 9.74. The third kappa shape index (κ3) is 4.20. The van der Waals surface area contributed by atoms with Crippen LogP contribution in [0.25, 0.3) is 0 Å². The molecule has 0 aliphatic heterocycles. The maximum atomic E-state index is 11.6. The lowest BCUT2D eigenvalue weighted by atomic mass is 9.90. The second-order valence-electron chi connectivity index (χ2n) is 4.70. The Bertz CT molecular complexity index is 409. The van der Waals surface area contributed by atoms with E-state index in [1.165, 1.54) is 7.11 Å². The van der Waals surface area contributed by atoms with Crippen molar-refractivity contribution in [2.75, 3.05) is 7.11 Å². The molecule has 18 heavy (non-hydrogen) atoms. The third-order valence-corrected chi connectivity index (χ3v) is 2.57. The van der Waals surface area contributed by atoms with Crippen LogP contribution in [0.15, 0.2) is 30.3 Å². The van der Waals surface area contributed by atoms with Crippen LogP contribution >= 0.6 is 0 Å². The number of carbonyl (C=O) groups is 2. The van der Waals surface area contributed by atoms with Crippen LogP contribution in [0, 0.1) is 5.41 Å². The molecular formula is C14H18O4. The molecular weight excluding hydrogens is 232 g/mol. The molecule has 4 nitrogen and oxygen atoms in total. The average molecular weight is 250 g/mol. The lowest BCUT2D eigenvalue weighted by Gasteiger charge is -2.20. The van der Waals surface area contributed by atoms with E-state index in [0.717, 1.165) is 5.56 Å². The summed E-state index contributed by atoms with van der Waals surface area (Å²) in [4.78, 5) is 23.0. The molecule has 0 saturated carbocycles. The molecule has 0 radical (unpaired) electrons. The van der Waals surface area contributed by atoms with Crippen LogP contribution in [-0.4, -0.2) is 19.0 Å². The van der Waals surface area contributed by atoms with Gasteiger partial charge < -0.3 is 9.47 Å². The minimum atomic E-state index is -0.859. The first-order valence-electron chi connectivity index (χ1n) is 5.73. The maximum Gasteiger partial charge on any atom is 0.311 e. The smallest absolute Gasteiger partial charge is 0.311 e. The molecule has 1 aromatic carbocycles. The molecule has 0 aliphatic rings. The van der Waals surface area contributed by atoms with Crippen molar-refractivity contribution in [3.05, 3.63) is 35.9 Å². The van der Waals surface area contributed by atoms with E-state index in [2.05, 4.69) is 4.74 Å². The summed E-state index contributed by atoms with van der Waals surface area (Å²) in [7, 11) is 1.30. The summed E-state index contributed by atoms with van der Waals surface area (Å²) >= 11 is 0. The Morgan fingerprint density at radius 3 is 2.33 bits per heavy atom. The van der Waals surface area contributed by atoms with Crippen molar-refractivity contribution in [2.24, 2.45) is 5.41 Å². The maximum absolute atomic E-state index is 11.6. The van der Waals surface area contributed by atoms with Gasteiger partial charge in [0.25, 0.3) is 0 Å². The molecule has 4 heteroatoms. The van der Waals surface area contributed by atoms with Crippen molar-refractivity contribution in [2.45, 2.75) is 26.9 Å². The van der Waals surface area contributed by atoms with E-state index in [0.29, 0.717) is 0 Å². The zero-order chi connectivity index (χ0) is 13.6. The molecule has 0 N–H and O–H groups in total. The van der Waals surface area contributed by atoms with Crippen LogP contribution < -0.4 is 0 Å². The fourth-order valence-corrected chi connectivity index (χ4v) is 1.50. The Balaban J connectivity index is 2.45. The van der Waals surface area contributed by atoms with Gasteiger partial charge in [-0.05, 0) is 19.4 Å². The third-order valence-electron chi connectivity index (χ3n) is 2.57. The van der Waals surface area contributed by atoms with E-state index in [-0.39, 0.29) is 13.0 Å². The highest BCUT2D eigenvalue weighted by Gasteiger charge is 2.32. The van der Waals surface area contributed by atoms with Crippen LogP contribution in [0.2, 0.25) is 0 Å². The Morgan fingerprint density at radius 2 is 1.78 bits per heavy atom. The molecule has 0 aromatic heterocycles. The van der Waals surface area contributed by atoms with Gasteiger partial charge in [0.05, 0.1) is 18.9 Å². The predicted molar refractivity (Wildman–Crippen MR) is 66.7 cm³/mol. The minimum absolute atomic E-state index is 0.00646. The van der Waals surface area contributed by atoms with Crippen LogP contribution in [0.5, 0.6) is 0 Å². The SMILES string of the molecule is COC(=O)C(C)(C)CC(=O)OCc1ccccc1. The lowest BCUT2D eigenvalue weighted by Crippen LogP contribution is -2.29. The van der Waals surface area contributed by atoms with Gasteiger partial charge in [0.1, 0.15) is 6.61 Å². The quantitative estimate of drug-likeness (QED) is 0.752. The Hall–Kier alpha value is -1.84. The zero-order valence-corrected chi connectivity index (χ0v) is 10.9. The van der Waals surface area contributed by atoms with Gasteiger partial charge in [0.15, 0.2) is 0 Å². The second-order valence-corrected chi connectivity index (χ2v) is 4.70. The van der Waals surface area contributed by atoms with Crippen LogP contribution in [0.4, 0.5) is 0 Å². The number of carbonyl (C=O) groups excluding carboxylic acids is 2. The molecule has 0 amide bonds. The molecule has 0 bridgehead atoms. The predicted octanol–water partition coefficient (Wildman–Crippen LogP) is 2.32. The van der Waals surface area contributed by atoms with Crippen molar-refractivity contribution in [1.82, 2.24) is 0 Å². The number of esters is 2. The number of hydrogen-bond acceptors (Lipinski definition) is 4. The van der Waals surface area contributed by atoms with Gasteiger partial charge in [-0.3, -0.25) is 9.59 Å². The van der Waals surface area contributed by atoms with E-state index < -0.39 is 17.4 Å². The fraction of sp³-hybridized carbons (Fsp3) is 0.429. The molecule has 98 valence electrons. The summed E-state index contributed by atoms with van der Waals surface area (Å²) in [6, 6.07) is 9.40. The van der Waals surface area contributed by atoms with Crippen LogP contribution in [0.3, 0.4) is 0 Å². The molecule has 0 heterocycles. The van der Waals surface area contributed by atoms with Crippen molar-refractivity contribution < 1.29 is 19.1 Å². The van der Waals surface area contributed by atoms with E-state index in [4.69, 9.17) is 4.74 Å². The van der Waals surface area contributed by atoms with E-state index in [9.17, 15) is 9.59 Å². The standard InChI is InChI=1S/C14H18O4/c1-14(2,13(16)17-3)9-12(15)18-10-11-7-5-4-6-8-11/h4-8H,9-10H2,1-3H3. The topological polar surface area (TPSA) is 52.6 Å². The summed E-state index contributed by atoms with van der Waals surface area (Å²) in [6.45, 7) is 3.53. The number of benzene rings is 1. The summed E-state index contributed by atoms with van der Waals surface area (Å²) in [5.41, 5.74) is 0.0597. The van der Waals surface area contributed by atoms with Crippen molar-refractivity contribution in [3.8, 4) is 0 Å². The highest BCUT2D eigenvalue weighted by Crippen LogP contribution is 2.22. The fourth-order valence-electron chi connectivity index (χ4n) is 1.50. The molecule has 1 aromatic rings. The number of hydrogen-bond donors (Lipinski definition) is 0. The van der Waals surface area contributed by atoms with Gasteiger partial charge in [-0.1, -0.05) is 30.3 Å². The highest BCUT2D eigenvalue weighted by molar-refractivity contribution is 5.82. The molecule has 0 unspecified atom stereocenters. The van der Waals surface area contributed by atoms with Gasteiger partial charge >= 0.3 is 11.9 Å². The second kappa shape index (κ2) is 6.19. The molecule has 1 rings (SSSR count). The van der Waals surface area contributed by atoms with E-state index in [1.54, 1.807) is 13.8 Å². The Morgan fingerprint density at radius 1 is 1.17 bits per heavy atom. The van der Waals surface area contributed by atoms with Gasteiger partial charge in [0.2, 0.25) is 0 Å². The molecule has 0 spiro atoms. The molecule has 0 saturated heterocycles. The zero-order valence-electron chi connectivity index (χ0n) is 10.9. The first kappa shape index (κ1) is 14.2. The van der Waals surface area contributed by atoms with Gasteiger partial charge in [0, 0.05) is 0 Å². The van der Waals surface area contributed by atoms with Gasteiger partial charge in [-0.25, -0.2) is 0 Å². The highest BCUT2D eigenvalue weighted by atomic mass is 16.5. The van der Waals surface area contributed by atoms with E-state index >= 15 is 0 Å². The van der Waals surface area contributed by atoms with Gasteiger partial charge in [-0.15, -0.1) is 0 Å². The van der Waals surface area contributed by atoms with Crippen molar-refractivity contribution in [1.29, 1.82) is 0 Å². The van der Waals surface area contributed by atoms with Crippen LogP contribution in [-0.2, 0) is 25.7 Å². The Kier molecular flexibility index (Phi) is 4.89. The number of ether oxygens (including phenoxy) is 2. The van der Waals surface area contributed by atoms with Gasteiger partial charge in [-0.2, -0.15) is 0 Å². The monoisotopic (exact) mass is 250 g/mol. The summed E-state index contributed by atoms with van der Waals surface area (Å²) in [5, 5.41) is 0. The lowest BCUT2D eigenvalue weighted by molar-refractivity contribution is -0.159. The first-order chi connectivity index (χ1) is 8.45. The molecule has 0 aliphatic carbocycles. The van der Waals surface area contributed by atoms with E-state index in [1.807, 2.05) is 30.3 Å².